The first kappa shape index (κ1) is 12.4. The summed E-state index contributed by atoms with van der Waals surface area (Å²) in [4.78, 5) is 4.55. The standard InChI is InChI=1S/C14H19N3O2/c1-3-6-14(7-4-8-15-14)13-16-12(17-19-13)11-10(2)5-9-18-11/h5,9,15H,3-4,6-8H2,1-2H3. The van der Waals surface area contributed by atoms with E-state index in [2.05, 4.69) is 22.4 Å². The van der Waals surface area contributed by atoms with Crippen molar-refractivity contribution in [3.63, 3.8) is 0 Å². The van der Waals surface area contributed by atoms with Gasteiger partial charge in [0.05, 0.1) is 11.8 Å². The van der Waals surface area contributed by atoms with E-state index in [1.54, 1.807) is 6.26 Å². The topological polar surface area (TPSA) is 64.1 Å². The highest BCUT2D eigenvalue weighted by Gasteiger charge is 2.40. The van der Waals surface area contributed by atoms with Crippen molar-refractivity contribution in [1.29, 1.82) is 0 Å². The monoisotopic (exact) mass is 261 g/mol. The molecule has 102 valence electrons. The third-order valence-corrected chi connectivity index (χ3v) is 3.82. The average molecular weight is 261 g/mol. The predicted molar refractivity (Wildman–Crippen MR) is 70.6 cm³/mol. The minimum atomic E-state index is -0.138. The van der Waals surface area contributed by atoms with Gasteiger partial charge in [0.1, 0.15) is 0 Å². The number of aryl methyl sites for hydroxylation is 1. The number of nitrogens with one attached hydrogen (secondary N) is 1. The normalized spacial score (nSPS) is 23.1. The smallest absolute Gasteiger partial charge is 0.247 e. The number of rotatable bonds is 4. The van der Waals surface area contributed by atoms with Gasteiger partial charge in [0, 0.05) is 0 Å². The Morgan fingerprint density at radius 2 is 2.37 bits per heavy atom. The second-order valence-electron chi connectivity index (χ2n) is 5.22. The van der Waals surface area contributed by atoms with E-state index in [1.807, 2.05) is 13.0 Å². The van der Waals surface area contributed by atoms with E-state index < -0.39 is 0 Å². The molecule has 3 rings (SSSR count). The molecule has 5 heteroatoms. The summed E-state index contributed by atoms with van der Waals surface area (Å²) in [6, 6.07) is 1.90. The molecule has 0 aromatic carbocycles. The first-order chi connectivity index (χ1) is 9.25. The lowest BCUT2D eigenvalue weighted by molar-refractivity contribution is 0.241. The molecule has 1 aliphatic heterocycles. The van der Waals surface area contributed by atoms with Crippen LogP contribution in [-0.4, -0.2) is 16.7 Å². The zero-order chi connectivity index (χ0) is 13.3. The lowest BCUT2D eigenvalue weighted by atomic mass is 9.92. The zero-order valence-electron chi connectivity index (χ0n) is 11.4. The van der Waals surface area contributed by atoms with Gasteiger partial charge in [-0.05, 0) is 44.4 Å². The van der Waals surface area contributed by atoms with Crippen LogP contribution < -0.4 is 5.32 Å². The third kappa shape index (κ3) is 2.08. The summed E-state index contributed by atoms with van der Waals surface area (Å²) in [5.74, 6) is 1.93. The van der Waals surface area contributed by atoms with Crippen LogP contribution in [0.1, 0.15) is 44.1 Å². The van der Waals surface area contributed by atoms with Gasteiger partial charge in [-0.1, -0.05) is 18.5 Å². The molecule has 2 aromatic heterocycles. The van der Waals surface area contributed by atoms with Crippen LogP contribution >= 0.6 is 0 Å². The van der Waals surface area contributed by atoms with Crippen molar-refractivity contribution >= 4 is 0 Å². The molecule has 1 atom stereocenters. The van der Waals surface area contributed by atoms with E-state index in [0.717, 1.165) is 37.8 Å². The van der Waals surface area contributed by atoms with Gasteiger partial charge in [-0.25, -0.2) is 0 Å². The van der Waals surface area contributed by atoms with Crippen molar-refractivity contribution in [2.75, 3.05) is 6.54 Å². The van der Waals surface area contributed by atoms with E-state index in [1.165, 1.54) is 0 Å². The van der Waals surface area contributed by atoms with Crippen LogP contribution in [0.4, 0.5) is 0 Å². The minimum absolute atomic E-state index is 0.138. The van der Waals surface area contributed by atoms with E-state index in [-0.39, 0.29) is 5.54 Å². The fourth-order valence-electron chi connectivity index (χ4n) is 2.85. The Morgan fingerprint density at radius 1 is 1.47 bits per heavy atom. The van der Waals surface area contributed by atoms with Crippen LogP contribution in [0, 0.1) is 6.92 Å². The molecule has 0 saturated carbocycles. The number of hydrogen-bond acceptors (Lipinski definition) is 5. The Labute approximate surface area is 112 Å². The van der Waals surface area contributed by atoms with Crippen molar-refractivity contribution in [2.45, 2.75) is 45.1 Å². The maximum atomic E-state index is 5.50. The van der Waals surface area contributed by atoms with E-state index in [0.29, 0.717) is 17.5 Å². The number of aromatic nitrogens is 2. The van der Waals surface area contributed by atoms with Crippen LogP contribution in [0.5, 0.6) is 0 Å². The highest BCUT2D eigenvalue weighted by atomic mass is 16.5. The van der Waals surface area contributed by atoms with Gasteiger partial charge in [-0.2, -0.15) is 4.98 Å². The van der Waals surface area contributed by atoms with Gasteiger partial charge in [-0.15, -0.1) is 0 Å². The van der Waals surface area contributed by atoms with Crippen molar-refractivity contribution in [3.05, 3.63) is 23.8 Å². The van der Waals surface area contributed by atoms with Gasteiger partial charge >= 0.3 is 0 Å². The quantitative estimate of drug-likeness (QED) is 0.916. The van der Waals surface area contributed by atoms with E-state index in [9.17, 15) is 0 Å². The number of hydrogen-bond donors (Lipinski definition) is 1. The highest BCUT2D eigenvalue weighted by Crippen LogP contribution is 2.35. The van der Waals surface area contributed by atoms with Crippen LogP contribution in [0.25, 0.3) is 11.6 Å². The molecule has 0 amide bonds. The van der Waals surface area contributed by atoms with Gasteiger partial charge in [0.2, 0.25) is 11.7 Å². The molecule has 1 fully saturated rings. The molecule has 5 nitrogen and oxygen atoms in total. The fraction of sp³-hybridized carbons (Fsp3) is 0.571. The summed E-state index contributed by atoms with van der Waals surface area (Å²) in [6.07, 6.45) is 5.96. The lowest BCUT2D eigenvalue weighted by Crippen LogP contribution is -2.36. The minimum Gasteiger partial charge on any atom is -0.461 e. The molecular formula is C14H19N3O2. The van der Waals surface area contributed by atoms with Crippen LogP contribution in [0.3, 0.4) is 0 Å². The van der Waals surface area contributed by atoms with Crippen LogP contribution in [0.15, 0.2) is 21.3 Å². The van der Waals surface area contributed by atoms with Crippen molar-refractivity contribution in [3.8, 4) is 11.6 Å². The molecule has 19 heavy (non-hydrogen) atoms. The van der Waals surface area contributed by atoms with Gasteiger partial charge in [-0.3, -0.25) is 0 Å². The Morgan fingerprint density at radius 3 is 3.00 bits per heavy atom. The Kier molecular flexibility index (Phi) is 3.14. The summed E-state index contributed by atoms with van der Waals surface area (Å²) in [5, 5.41) is 7.61. The lowest BCUT2D eigenvalue weighted by Gasteiger charge is -2.24. The Balaban J connectivity index is 1.94. The maximum absolute atomic E-state index is 5.50. The SMILES string of the molecule is CCCC1(c2nc(-c3occc3C)no2)CCCN1. The van der Waals surface area contributed by atoms with Crippen LogP contribution in [-0.2, 0) is 5.54 Å². The number of nitrogens with zero attached hydrogens (tertiary/aromatic N) is 2. The summed E-state index contributed by atoms with van der Waals surface area (Å²) in [7, 11) is 0. The zero-order valence-corrected chi connectivity index (χ0v) is 11.4. The first-order valence-electron chi connectivity index (χ1n) is 6.89. The molecule has 0 spiro atoms. The fourth-order valence-corrected chi connectivity index (χ4v) is 2.85. The van der Waals surface area contributed by atoms with Gasteiger partial charge < -0.3 is 14.3 Å². The third-order valence-electron chi connectivity index (χ3n) is 3.82. The molecule has 1 unspecified atom stereocenters. The first-order valence-corrected chi connectivity index (χ1v) is 6.89. The Hall–Kier alpha value is -1.62. The maximum Gasteiger partial charge on any atom is 0.247 e. The van der Waals surface area contributed by atoms with E-state index >= 15 is 0 Å². The summed E-state index contributed by atoms with van der Waals surface area (Å²) < 4.78 is 10.9. The summed E-state index contributed by atoms with van der Waals surface area (Å²) in [5.41, 5.74) is 0.886. The van der Waals surface area contributed by atoms with Gasteiger partial charge in [0.25, 0.3) is 0 Å². The molecule has 1 aliphatic rings. The summed E-state index contributed by atoms with van der Waals surface area (Å²) >= 11 is 0. The molecule has 0 radical (unpaired) electrons. The second kappa shape index (κ2) is 4.81. The number of furan rings is 1. The van der Waals surface area contributed by atoms with E-state index in [4.69, 9.17) is 8.94 Å². The van der Waals surface area contributed by atoms with Crippen molar-refractivity contribution in [1.82, 2.24) is 15.5 Å². The van der Waals surface area contributed by atoms with Crippen molar-refractivity contribution < 1.29 is 8.94 Å². The van der Waals surface area contributed by atoms with Crippen molar-refractivity contribution in [2.24, 2.45) is 0 Å². The van der Waals surface area contributed by atoms with Crippen LogP contribution in [0.2, 0.25) is 0 Å². The molecular weight excluding hydrogens is 242 g/mol. The Bertz CT molecular complexity index is 553. The molecule has 0 bridgehead atoms. The molecule has 1 saturated heterocycles. The average Bonchev–Trinajstić information content (AvgIpc) is 3.08. The highest BCUT2D eigenvalue weighted by molar-refractivity contribution is 5.51. The molecule has 3 heterocycles. The molecule has 0 aliphatic carbocycles. The van der Waals surface area contributed by atoms with Gasteiger partial charge in [0.15, 0.2) is 5.76 Å². The predicted octanol–water partition coefficient (Wildman–Crippen LogP) is 3.02. The second-order valence-corrected chi connectivity index (χ2v) is 5.22. The summed E-state index contributed by atoms with van der Waals surface area (Å²) in [6.45, 7) is 5.16. The largest absolute Gasteiger partial charge is 0.461 e. The molecule has 1 N–H and O–H groups in total. The molecule has 2 aromatic rings.